The van der Waals surface area contributed by atoms with Crippen molar-refractivity contribution in [2.45, 2.75) is 49.6 Å². The van der Waals surface area contributed by atoms with E-state index in [-0.39, 0.29) is 36.4 Å². The minimum absolute atomic E-state index is 0.0215. The van der Waals surface area contributed by atoms with Crippen LogP contribution in [0.15, 0.2) is 127 Å². The smallest absolute Gasteiger partial charge is 0.260 e. The van der Waals surface area contributed by atoms with Gasteiger partial charge in [-0.1, -0.05) is 102 Å². The van der Waals surface area contributed by atoms with Gasteiger partial charge in [-0.25, -0.2) is 4.39 Å². The van der Waals surface area contributed by atoms with Gasteiger partial charge in [0.2, 0.25) is 11.8 Å². The molecule has 59 heavy (non-hydrogen) atoms. The molecule has 3 heterocycles. The van der Waals surface area contributed by atoms with Crippen LogP contribution in [0.1, 0.15) is 48.3 Å². The number of rotatable bonds is 7. The van der Waals surface area contributed by atoms with Crippen LogP contribution in [0.3, 0.4) is 0 Å². The van der Waals surface area contributed by atoms with Gasteiger partial charge in [0.1, 0.15) is 11.6 Å². The summed E-state index contributed by atoms with van der Waals surface area (Å²) in [6.07, 6.45) is 3.75. The highest BCUT2D eigenvalue weighted by molar-refractivity contribution is 6.30. The van der Waals surface area contributed by atoms with E-state index in [0.717, 1.165) is 35.6 Å². The number of halogens is 2. The fourth-order valence-corrected chi connectivity index (χ4v) is 11.2. The first kappa shape index (κ1) is 37.4. The number of nitrogens with one attached hydrogen (secondary N) is 1. The Labute approximate surface area is 346 Å². The number of phenolic OH excluding ortho intramolecular Hbond substituents is 1. The van der Waals surface area contributed by atoms with Gasteiger partial charge in [-0.3, -0.25) is 34.4 Å². The molecule has 0 spiro atoms. The Hall–Kier alpha value is -5.84. The molecule has 6 atom stereocenters. The minimum atomic E-state index is -1.60. The first-order chi connectivity index (χ1) is 28.6. The molecular weight excluding hydrogens is 767 g/mol. The predicted octanol–water partition coefficient (Wildman–Crippen LogP) is 7.99. The number of hydrazine groups is 1. The molecule has 4 amide bonds. The van der Waals surface area contributed by atoms with Crippen LogP contribution in [-0.4, -0.2) is 62.7 Å². The molecule has 5 aliphatic rings. The lowest BCUT2D eigenvalue weighted by Crippen LogP contribution is -2.53. The highest BCUT2D eigenvalue weighted by Crippen LogP contribution is 2.65. The number of allylic oxidation sites excluding steroid dienone is 2. The summed E-state index contributed by atoms with van der Waals surface area (Å²) in [5.74, 6) is -5.79. The summed E-state index contributed by atoms with van der Waals surface area (Å²) >= 11 is 6.44. The van der Waals surface area contributed by atoms with Crippen molar-refractivity contribution in [2.75, 3.05) is 18.5 Å². The molecule has 1 saturated carbocycles. The molecule has 298 valence electrons. The summed E-state index contributed by atoms with van der Waals surface area (Å²) in [5.41, 5.74) is 4.68. The average Bonchev–Trinajstić information content (AvgIpc) is 3.63. The van der Waals surface area contributed by atoms with Crippen molar-refractivity contribution < 1.29 is 28.7 Å². The summed E-state index contributed by atoms with van der Waals surface area (Å²) < 4.78 is 14.0. The number of amides is 4. The average molecular weight is 809 g/mol. The zero-order valence-corrected chi connectivity index (χ0v) is 32.9. The second kappa shape index (κ2) is 14.5. The Bertz CT molecular complexity index is 2540. The summed E-state index contributed by atoms with van der Waals surface area (Å²) in [6.45, 7) is 2.30. The van der Waals surface area contributed by atoms with E-state index in [1.807, 2.05) is 60.7 Å². The van der Waals surface area contributed by atoms with Crippen molar-refractivity contribution >= 4 is 51.7 Å². The van der Waals surface area contributed by atoms with E-state index >= 15 is 9.59 Å². The van der Waals surface area contributed by atoms with Gasteiger partial charge in [0, 0.05) is 47.6 Å². The van der Waals surface area contributed by atoms with Gasteiger partial charge in [-0.2, -0.15) is 5.01 Å². The highest BCUT2D eigenvalue weighted by atomic mass is 35.5. The van der Waals surface area contributed by atoms with Crippen LogP contribution >= 0.6 is 11.6 Å². The monoisotopic (exact) mass is 808 g/mol. The molecule has 0 radical (unpaired) electrons. The number of carbonyl (C=O) groups is 4. The number of fused-ring (bicyclic) bond motifs is 5. The molecule has 9 nitrogen and oxygen atoms in total. The van der Waals surface area contributed by atoms with E-state index in [1.54, 1.807) is 24.3 Å². The zero-order valence-electron chi connectivity index (χ0n) is 32.1. The topological polar surface area (TPSA) is 110 Å². The van der Waals surface area contributed by atoms with Crippen LogP contribution in [-0.2, 0) is 31.1 Å². The number of aromatic hydroxyl groups is 1. The van der Waals surface area contributed by atoms with Gasteiger partial charge in [0.25, 0.3) is 11.8 Å². The molecule has 5 aromatic carbocycles. The Morgan fingerprint density at radius 3 is 2.24 bits per heavy atom. The Kier molecular flexibility index (Phi) is 9.18. The maximum absolute atomic E-state index is 15.5. The van der Waals surface area contributed by atoms with Crippen LogP contribution < -0.4 is 5.43 Å². The fraction of sp³-hybridized carbons (Fsp3) is 0.292. The van der Waals surface area contributed by atoms with E-state index in [1.165, 1.54) is 34.7 Å². The van der Waals surface area contributed by atoms with Crippen LogP contribution in [0.25, 0.3) is 10.8 Å². The van der Waals surface area contributed by atoms with Crippen molar-refractivity contribution in [3.8, 4) is 5.75 Å². The number of anilines is 1. The first-order valence-corrected chi connectivity index (χ1v) is 20.7. The van der Waals surface area contributed by atoms with Crippen LogP contribution in [0, 0.1) is 29.5 Å². The lowest BCUT2D eigenvalue weighted by molar-refractivity contribution is -0.144. The van der Waals surface area contributed by atoms with Gasteiger partial charge in [-0.05, 0) is 84.5 Å². The molecule has 10 rings (SSSR count). The van der Waals surface area contributed by atoms with Gasteiger partial charge < -0.3 is 5.11 Å². The quantitative estimate of drug-likeness (QED) is 0.127. The van der Waals surface area contributed by atoms with Crippen molar-refractivity contribution in [3.05, 3.63) is 154 Å². The number of likely N-dealkylation sites (tertiary alicyclic amines) is 2. The Balaban J connectivity index is 1.07. The van der Waals surface area contributed by atoms with E-state index in [9.17, 15) is 19.1 Å². The van der Waals surface area contributed by atoms with E-state index < -0.39 is 52.6 Å². The number of imide groups is 2. The van der Waals surface area contributed by atoms with Crippen molar-refractivity contribution in [1.29, 1.82) is 0 Å². The van der Waals surface area contributed by atoms with Gasteiger partial charge in [-0.15, -0.1) is 0 Å². The summed E-state index contributed by atoms with van der Waals surface area (Å²) in [6, 6.07) is 33.5. The van der Waals surface area contributed by atoms with Crippen LogP contribution in [0.4, 0.5) is 10.1 Å². The number of hydrogen-bond donors (Lipinski definition) is 2. The standard InChI is InChI=1S/C48H42ClFN4O5/c49-31-13-11-30(12-14-31)48-40(45(57)54(47(48)59)51-33-17-15-32(50)16-18-33)26-39-36(42(48)38-19-10-29-8-4-5-9-35(29)43(38)55)20-21-37-41(39)46(58)53(44(37)56)34-22-24-52(25-23-34)27-28-6-2-1-3-7-28/h1-20,34,37,39-42,51,55H,21-27H2/t37-,39+,40-,41-,42+,48+/m0/s1. The maximum Gasteiger partial charge on any atom is 0.260 e. The largest absolute Gasteiger partial charge is 0.507 e. The molecule has 5 aromatic rings. The molecule has 0 unspecified atom stereocenters. The Morgan fingerprint density at radius 1 is 0.780 bits per heavy atom. The van der Waals surface area contributed by atoms with Gasteiger partial charge >= 0.3 is 0 Å². The van der Waals surface area contributed by atoms with Crippen LogP contribution in [0.2, 0.25) is 5.02 Å². The van der Waals surface area contributed by atoms with E-state index in [0.29, 0.717) is 40.1 Å². The molecule has 0 bridgehead atoms. The third-order valence-corrected chi connectivity index (χ3v) is 14.0. The molecule has 4 fully saturated rings. The number of carbonyl (C=O) groups excluding carboxylic acids is 4. The molecule has 3 saturated heterocycles. The molecule has 0 aromatic heterocycles. The lowest BCUT2D eigenvalue weighted by atomic mass is 9.49. The second-order valence-electron chi connectivity index (χ2n) is 16.6. The normalized spacial score (nSPS) is 27.2. The summed E-state index contributed by atoms with van der Waals surface area (Å²) in [4.78, 5) is 63.8. The van der Waals surface area contributed by atoms with Gasteiger partial charge in [0.15, 0.2) is 0 Å². The molecule has 2 aliphatic carbocycles. The maximum atomic E-state index is 15.5. The number of hydrogen-bond acceptors (Lipinski definition) is 7. The molecule has 3 aliphatic heterocycles. The molecule has 2 N–H and O–H groups in total. The lowest BCUT2D eigenvalue weighted by Gasteiger charge is -2.50. The SMILES string of the molecule is O=C1[C@@H]2C[C@@H]3C(=CC[C@@H]4C(=O)N(C5CCN(Cc6ccccc6)CC5)C(=O)[C@@H]43)[C@H](c3ccc4ccccc4c3O)[C@]2(c2ccc(Cl)cc2)C(=O)N1Nc1ccc(F)cc1. The molecule has 11 heteroatoms. The first-order valence-electron chi connectivity index (χ1n) is 20.4. The fourth-order valence-electron chi connectivity index (χ4n) is 11.1. The number of nitrogens with zero attached hydrogens (tertiary/aromatic N) is 3. The predicted molar refractivity (Wildman–Crippen MR) is 221 cm³/mol. The highest BCUT2D eigenvalue weighted by Gasteiger charge is 2.71. The van der Waals surface area contributed by atoms with E-state index in [4.69, 9.17) is 11.6 Å². The van der Waals surface area contributed by atoms with Crippen LogP contribution in [0.5, 0.6) is 5.75 Å². The third-order valence-electron chi connectivity index (χ3n) is 13.7. The minimum Gasteiger partial charge on any atom is -0.507 e. The summed E-state index contributed by atoms with van der Waals surface area (Å²) in [7, 11) is 0. The van der Waals surface area contributed by atoms with Crippen molar-refractivity contribution in [3.63, 3.8) is 0 Å². The third kappa shape index (κ3) is 5.90. The van der Waals surface area contributed by atoms with Crippen molar-refractivity contribution in [1.82, 2.24) is 14.8 Å². The molecular formula is C48H42ClFN4O5. The second-order valence-corrected chi connectivity index (χ2v) is 17.1. The summed E-state index contributed by atoms with van der Waals surface area (Å²) in [5, 5.41) is 15.1. The van der Waals surface area contributed by atoms with Crippen molar-refractivity contribution in [2.24, 2.45) is 23.7 Å². The van der Waals surface area contributed by atoms with Gasteiger partial charge in [0.05, 0.1) is 28.9 Å². The number of benzene rings is 5. The number of piperidine rings is 1. The number of phenols is 1. The Morgan fingerprint density at radius 2 is 1.49 bits per heavy atom. The zero-order chi connectivity index (χ0) is 40.6. The van der Waals surface area contributed by atoms with E-state index in [2.05, 4.69) is 22.5 Å².